The van der Waals surface area contributed by atoms with Gasteiger partial charge in [0.15, 0.2) is 0 Å². The molecule has 1 atom stereocenters. The zero-order valence-electron chi connectivity index (χ0n) is 12.1. The lowest BCUT2D eigenvalue weighted by atomic mass is 9.89. The number of benzene rings is 1. The van der Waals surface area contributed by atoms with Crippen LogP contribution in [0, 0.1) is 0 Å². The summed E-state index contributed by atoms with van der Waals surface area (Å²) in [5.74, 6) is 0.988. The average molecular weight is 259 g/mol. The first kappa shape index (κ1) is 14.1. The summed E-state index contributed by atoms with van der Waals surface area (Å²) in [4.78, 5) is 0. The number of allylic oxidation sites excluding steroid dienone is 1. The van der Waals surface area contributed by atoms with Gasteiger partial charge < -0.3 is 10.1 Å². The van der Waals surface area contributed by atoms with Crippen LogP contribution in [-0.2, 0) is 0 Å². The van der Waals surface area contributed by atoms with Gasteiger partial charge in [-0.3, -0.25) is 0 Å². The smallest absolute Gasteiger partial charge is 0.123 e. The van der Waals surface area contributed by atoms with E-state index in [-0.39, 0.29) is 0 Å². The van der Waals surface area contributed by atoms with Crippen molar-refractivity contribution in [1.82, 2.24) is 5.32 Å². The molecule has 0 amide bonds. The van der Waals surface area contributed by atoms with Gasteiger partial charge >= 0.3 is 0 Å². The Balaban J connectivity index is 2.27. The largest absolute Gasteiger partial charge is 0.496 e. The van der Waals surface area contributed by atoms with Crippen LogP contribution in [0.15, 0.2) is 35.9 Å². The summed E-state index contributed by atoms with van der Waals surface area (Å²) in [6.45, 7) is 3.25. The lowest BCUT2D eigenvalue weighted by molar-refractivity contribution is 0.402. The third-order valence-electron chi connectivity index (χ3n) is 3.75. The molecule has 1 unspecified atom stereocenters. The molecular weight excluding hydrogens is 234 g/mol. The molecule has 2 heteroatoms. The van der Waals surface area contributed by atoms with Crippen LogP contribution in [0.2, 0.25) is 0 Å². The molecular formula is C17H25NO. The van der Waals surface area contributed by atoms with Crippen molar-refractivity contribution in [1.29, 1.82) is 0 Å². The molecule has 104 valence electrons. The van der Waals surface area contributed by atoms with E-state index in [1.165, 1.54) is 36.8 Å². The SMILES string of the molecule is CCCNC(C1=CCCCC1)c1ccccc1OC. The van der Waals surface area contributed by atoms with Gasteiger partial charge in [-0.15, -0.1) is 0 Å². The Morgan fingerprint density at radius 1 is 1.26 bits per heavy atom. The van der Waals surface area contributed by atoms with Crippen molar-refractivity contribution in [3.05, 3.63) is 41.5 Å². The number of rotatable bonds is 6. The number of hydrogen-bond acceptors (Lipinski definition) is 2. The van der Waals surface area contributed by atoms with E-state index in [0.717, 1.165) is 18.7 Å². The van der Waals surface area contributed by atoms with Crippen LogP contribution in [0.5, 0.6) is 5.75 Å². The molecule has 0 aliphatic heterocycles. The molecule has 0 radical (unpaired) electrons. The van der Waals surface area contributed by atoms with E-state index in [1.807, 2.05) is 6.07 Å². The summed E-state index contributed by atoms with van der Waals surface area (Å²) < 4.78 is 5.53. The molecule has 1 aromatic rings. The van der Waals surface area contributed by atoms with Gasteiger partial charge in [0.1, 0.15) is 5.75 Å². The van der Waals surface area contributed by atoms with Crippen LogP contribution in [-0.4, -0.2) is 13.7 Å². The number of ether oxygens (including phenoxy) is 1. The van der Waals surface area contributed by atoms with Gasteiger partial charge in [0.25, 0.3) is 0 Å². The highest BCUT2D eigenvalue weighted by molar-refractivity contribution is 5.40. The van der Waals surface area contributed by atoms with Gasteiger partial charge in [-0.05, 0) is 44.7 Å². The Morgan fingerprint density at radius 3 is 2.79 bits per heavy atom. The van der Waals surface area contributed by atoms with Gasteiger partial charge in [0.2, 0.25) is 0 Å². The van der Waals surface area contributed by atoms with Crippen molar-refractivity contribution in [2.45, 2.75) is 45.1 Å². The van der Waals surface area contributed by atoms with Crippen molar-refractivity contribution in [3.63, 3.8) is 0 Å². The maximum Gasteiger partial charge on any atom is 0.123 e. The van der Waals surface area contributed by atoms with Gasteiger partial charge in [-0.2, -0.15) is 0 Å². The highest BCUT2D eigenvalue weighted by Gasteiger charge is 2.20. The topological polar surface area (TPSA) is 21.3 Å². The van der Waals surface area contributed by atoms with Crippen molar-refractivity contribution in [3.8, 4) is 5.75 Å². The molecule has 0 fully saturated rings. The van der Waals surface area contributed by atoms with Gasteiger partial charge in [0, 0.05) is 5.56 Å². The Hall–Kier alpha value is -1.28. The fraction of sp³-hybridized carbons (Fsp3) is 0.529. The summed E-state index contributed by atoms with van der Waals surface area (Å²) in [5.41, 5.74) is 2.80. The predicted octanol–water partition coefficient (Wildman–Crippen LogP) is 4.24. The lowest BCUT2D eigenvalue weighted by Gasteiger charge is -2.26. The highest BCUT2D eigenvalue weighted by Crippen LogP contribution is 2.34. The van der Waals surface area contributed by atoms with Gasteiger partial charge in [-0.1, -0.05) is 36.8 Å². The van der Waals surface area contributed by atoms with E-state index in [2.05, 4.69) is 36.5 Å². The lowest BCUT2D eigenvalue weighted by Crippen LogP contribution is -2.25. The van der Waals surface area contributed by atoms with Crippen LogP contribution >= 0.6 is 0 Å². The first-order chi connectivity index (χ1) is 9.36. The van der Waals surface area contributed by atoms with E-state index >= 15 is 0 Å². The zero-order valence-corrected chi connectivity index (χ0v) is 12.1. The van der Waals surface area contributed by atoms with Crippen molar-refractivity contribution < 1.29 is 4.74 Å². The fourth-order valence-corrected chi connectivity index (χ4v) is 2.76. The molecule has 0 heterocycles. The number of para-hydroxylation sites is 1. The summed E-state index contributed by atoms with van der Waals surface area (Å²) in [5, 5.41) is 3.68. The van der Waals surface area contributed by atoms with Crippen LogP contribution in [0.3, 0.4) is 0 Å². The fourth-order valence-electron chi connectivity index (χ4n) is 2.76. The second-order valence-corrected chi connectivity index (χ2v) is 5.15. The monoisotopic (exact) mass is 259 g/mol. The van der Waals surface area contributed by atoms with Crippen molar-refractivity contribution in [2.75, 3.05) is 13.7 Å². The summed E-state index contributed by atoms with van der Waals surface area (Å²) >= 11 is 0. The van der Waals surface area contributed by atoms with E-state index in [1.54, 1.807) is 7.11 Å². The van der Waals surface area contributed by atoms with Crippen LogP contribution < -0.4 is 10.1 Å². The summed E-state index contributed by atoms with van der Waals surface area (Å²) in [7, 11) is 1.75. The van der Waals surface area contributed by atoms with Crippen LogP contribution in [0.4, 0.5) is 0 Å². The van der Waals surface area contributed by atoms with E-state index in [4.69, 9.17) is 4.74 Å². The second-order valence-electron chi connectivity index (χ2n) is 5.15. The quantitative estimate of drug-likeness (QED) is 0.772. The molecule has 0 bridgehead atoms. The van der Waals surface area contributed by atoms with E-state index < -0.39 is 0 Å². The molecule has 0 aromatic heterocycles. The Labute approximate surface area is 116 Å². The molecule has 2 nitrogen and oxygen atoms in total. The number of methoxy groups -OCH3 is 1. The number of nitrogens with one attached hydrogen (secondary N) is 1. The Morgan fingerprint density at radius 2 is 2.11 bits per heavy atom. The van der Waals surface area contributed by atoms with Gasteiger partial charge in [0.05, 0.1) is 13.2 Å². The minimum absolute atomic E-state index is 0.316. The van der Waals surface area contributed by atoms with Gasteiger partial charge in [-0.25, -0.2) is 0 Å². The molecule has 2 rings (SSSR count). The van der Waals surface area contributed by atoms with Crippen molar-refractivity contribution in [2.24, 2.45) is 0 Å². The summed E-state index contributed by atoms with van der Waals surface area (Å²) in [6.07, 6.45) is 8.64. The normalized spacial score (nSPS) is 16.8. The first-order valence-electron chi connectivity index (χ1n) is 7.42. The Bertz CT molecular complexity index is 425. The third kappa shape index (κ3) is 3.60. The standard InChI is InChI=1S/C17H25NO/c1-3-13-18-17(14-9-5-4-6-10-14)15-11-7-8-12-16(15)19-2/h7-9,11-12,17-18H,3-6,10,13H2,1-2H3. The molecule has 1 aliphatic rings. The molecule has 0 saturated heterocycles. The third-order valence-corrected chi connectivity index (χ3v) is 3.75. The maximum absolute atomic E-state index is 5.53. The highest BCUT2D eigenvalue weighted by atomic mass is 16.5. The molecule has 1 aliphatic carbocycles. The number of hydrogen-bond donors (Lipinski definition) is 1. The molecule has 19 heavy (non-hydrogen) atoms. The van der Waals surface area contributed by atoms with Crippen molar-refractivity contribution >= 4 is 0 Å². The Kier molecular flexibility index (Phi) is 5.46. The average Bonchev–Trinajstić information content (AvgIpc) is 2.49. The molecule has 0 saturated carbocycles. The second kappa shape index (κ2) is 7.34. The molecule has 1 aromatic carbocycles. The summed E-state index contributed by atoms with van der Waals surface area (Å²) in [6, 6.07) is 8.69. The van der Waals surface area contributed by atoms with E-state index in [0.29, 0.717) is 6.04 Å². The maximum atomic E-state index is 5.53. The zero-order chi connectivity index (χ0) is 13.5. The minimum Gasteiger partial charge on any atom is -0.496 e. The first-order valence-corrected chi connectivity index (χ1v) is 7.42. The minimum atomic E-state index is 0.316. The molecule has 0 spiro atoms. The van der Waals surface area contributed by atoms with E-state index in [9.17, 15) is 0 Å². The predicted molar refractivity (Wildman–Crippen MR) is 80.6 cm³/mol. The van der Waals surface area contributed by atoms with Crippen LogP contribution in [0.1, 0.15) is 50.6 Å². The van der Waals surface area contributed by atoms with Crippen LogP contribution in [0.25, 0.3) is 0 Å². The molecule has 1 N–H and O–H groups in total.